The first kappa shape index (κ1) is 45.7. The lowest BCUT2D eigenvalue weighted by molar-refractivity contribution is -0.348. The van der Waals surface area contributed by atoms with Gasteiger partial charge in [0.2, 0.25) is 0 Å². The standard InChI is InChI=1S/C38H28Cl2F10N4O6/c1-33(2,3)60-32(57)20-6-4-19(5-7-20)10-29(55)58-18-52-34(17-51)14-25(34)31(56)24-11-21(8-9-26(24)39)22-15-53-54(16-22)30-27(40)12-23(13-28(30)59-38(48,49)50)35(41,36(42,43)44)37(45,46)47/h4-9,11-13,15-16,25,52H,10,14,18H2,1-3H3. The van der Waals surface area contributed by atoms with Gasteiger partial charge in [-0.3, -0.25) is 14.9 Å². The van der Waals surface area contributed by atoms with Crippen LogP contribution in [0.15, 0.2) is 67.0 Å². The van der Waals surface area contributed by atoms with Crippen LogP contribution >= 0.6 is 23.2 Å². The number of halogens is 12. The summed E-state index contributed by atoms with van der Waals surface area (Å²) in [6.07, 6.45) is -17.4. The topological polar surface area (TPSA) is 133 Å². The minimum absolute atomic E-state index is 0.00361. The first-order valence-corrected chi connectivity index (χ1v) is 17.8. The third-order valence-corrected chi connectivity index (χ3v) is 9.46. The maximum absolute atomic E-state index is 14.8. The van der Waals surface area contributed by atoms with Crippen LogP contribution in [0.25, 0.3) is 16.8 Å². The number of nitrogens with one attached hydrogen (secondary N) is 1. The van der Waals surface area contributed by atoms with Crippen molar-refractivity contribution in [1.29, 1.82) is 5.26 Å². The molecule has 3 aromatic carbocycles. The monoisotopic (exact) mass is 896 g/mol. The summed E-state index contributed by atoms with van der Waals surface area (Å²) in [5.41, 5.74) is -11.0. The van der Waals surface area contributed by atoms with E-state index in [2.05, 4.69) is 15.2 Å². The number of ether oxygens (including phenoxy) is 3. The highest BCUT2D eigenvalue weighted by atomic mass is 35.5. The van der Waals surface area contributed by atoms with E-state index in [0.717, 1.165) is 12.4 Å². The molecule has 0 saturated heterocycles. The highest BCUT2D eigenvalue weighted by molar-refractivity contribution is 6.34. The van der Waals surface area contributed by atoms with Crippen molar-refractivity contribution in [2.45, 2.75) is 69.1 Å². The fraction of sp³-hybridized carbons (Fsp3) is 0.342. The van der Waals surface area contributed by atoms with Gasteiger partial charge in [-0.2, -0.15) is 36.7 Å². The van der Waals surface area contributed by atoms with Gasteiger partial charge in [-0.25, -0.2) is 13.9 Å². The molecule has 5 rings (SSSR count). The van der Waals surface area contributed by atoms with E-state index in [1.807, 2.05) is 6.07 Å². The van der Waals surface area contributed by atoms with Crippen LogP contribution in [0.5, 0.6) is 5.75 Å². The maximum Gasteiger partial charge on any atom is 0.573 e. The van der Waals surface area contributed by atoms with Crippen molar-refractivity contribution in [2.75, 3.05) is 6.73 Å². The lowest BCUT2D eigenvalue weighted by Crippen LogP contribution is -2.50. The van der Waals surface area contributed by atoms with Crippen molar-refractivity contribution >= 4 is 40.9 Å². The van der Waals surface area contributed by atoms with E-state index in [0.29, 0.717) is 10.2 Å². The van der Waals surface area contributed by atoms with E-state index in [9.17, 15) is 63.5 Å². The second kappa shape index (κ2) is 16.2. The van der Waals surface area contributed by atoms with Gasteiger partial charge in [0.25, 0.3) is 0 Å². The third-order valence-electron chi connectivity index (χ3n) is 8.84. The van der Waals surface area contributed by atoms with Gasteiger partial charge < -0.3 is 14.2 Å². The molecule has 0 aliphatic heterocycles. The number of rotatable bonds is 12. The number of carbonyl (C=O) groups excluding carboxylic acids is 3. The SMILES string of the molecule is CC(C)(C)OC(=O)c1ccc(CC(=O)OCNC2(C#N)CC2C(=O)c2cc(-c3cnn(-c4c(Cl)cc(C(F)(C(F)(F)F)C(F)(F)F)cc4OC(F)(F)F)c3)ccc2Cl)cc1. The zero-order valence-corrected chi connectivity index (χ0v) is 32.4. The molecule has 60 heavy (non-hydrogen) atoms. The van der Waals surface area contributed by atoms with Crippen LogP contribution in [0.1, 0.15) is 59.0 Å². The molecule has 2 unspecified atom stereocenters. The Hall–Kier alpha value is -5.39. The number of benzene rings is 3. The smallest absolute Gasteiger partial charge is 0.456 e. The fourth-order valence-electron chi connectivity index (χ4n) is 5.86. The van der Waals surface area contributed by atoms with Crippen LogP contribution in [-0.2, 0) is 26.4 Å². The number of hydrogen-bond donors (Lipinski definition) is 1. The van der Waals surface area contributed by atoms with Gasteiger partial charge in [0.15, 0.2) is 11.5 Å². The summed E-state index contributed by atoms with van der Waals surface area (Å²) in [5.74, 6) is -4.67. The molecule has 0 bridgehead atoms. The molecule has 1 saturated carbocycles. The number of ketones is 1. The molecule has 1 heterocycles. The molecule has 1 aromatic heterocycles. The molecule has 1 aliphatic rings. The van der Waals surface area contributed by atoms with E-state index < -0.39 is 94.0 Å². The van der Waals surface area contributed by atoms with Crippen molar-refractivity contribution in [3.8, 4) is 28.6 Å². The Morgan fingerprint density at radius 2 is 1.53 bits per heavy atom. The Balaban J connectivity index is 1.31. The van der Waals surface area contributed by atoms with Gasteiger partial charge in [0, 0.05) is 22.9 Å². The number of hydrogen-bond acceptors (Lipinski definition) is 9. The molecular formula is C38H28Cl2F10N4O6. The molecule has 2 atom stereocenters. The van der Waals surface area contributed by atoms with Crippen molar-refractivity contribution in [1.82, 2.24) is 15.1 Å². The predicted molar refractivity (Wildman–Crippen MR) is 191 cm³/mol. The Kier molecular flexibility index (Phi) is 12.4. The number of aromatic nitrogens is 2. The number of Topliss-reactive ketones (excluding diaryl/α,β-unsaturated/α-hetero) is 1. The molecule has 0 radical (unpaired) electrons. The zero-order chi connectivity index (χ0) is 44.8. The zero-order valence-electron chi connectivity index (χ0n) is 30.9. The summed E-state index contributed by atoms with van der Waals surface area (Å²) in [6, 6.07) is 11.2. The highest BCUT2D eigenvalue weighted by Crippen LogP contribution is 2.55. The number of alkyl halides is 10. The molecule has 320 valence electrons. The molecule has 0 amide bonds. The van der Waals surface area contributed by atoms with Gasteiger partial charge >= 0.3 is 36.3 Å². The highest BCUT2D eigenvalue weighted by Gasteiger charge is 2.73. The fourth-order valence-corrected chi connectivity index (χ4v) is 6.37. The van der Waals surface area contributed by atoms with E-state index in [4.69, 9.17) is 32.7 Å². The van der Waals surface area contributed by atoms with Gasteiger partial charge in [-0.1, -0.05) is 41.4 Å². The molecule has 0 spiro atoms. The maximum atomic E-state index is 14.8. The molecule has 4 aromatic rings. The second-order valence-electron chi connectivity index (χ2n) is 14.3. The summed E-state index contributed by atoms with van der Waals surface area (Å²) in [6.45, 7) is 4.67. The van der Waals surface area contributed by atoms with E-state index in [1.54, 1.807) is 20.8 Å². The Morgan fingerprint density at radius 3 is 2.10 bits per heavy atom. The van der Waals surface area contributed by atoms with Crippen molar-refractivity contribution in [3.63, 3.8) is 0 Å². The van der Waals surface area contributed by atoms with Crippen LogP contribution in [0.3, 0.4) is 0 Å². The lowest BCUT2D eigenvalue weighted by Gasteiger charge is -2.31. The third kappa shape index (κ3) is 9.79. The minimum Gasteiger partial charge on any atom is -0.456 e. The predicted octanol–water partition coefficient (Wildman–Crippen LogP) is 9.79. The summed E-state index contributed by atoms with van der Waals surface area (Å²) in [5, 5.41) is 15.1. The van der Waals surface area contributed by atoms with Crippen molar-refractivity contribution in [2.24, 2.45) is 5.92 Å². The van der Waals surface area contributed by atoms with Gasteiger partial charge in [-0.15, -0.1) is 13.2 Å². The Labute approximate surface area is 342 Å². The first-order valence-electron chi connectivity index (χ1n) is 17.0. The Bertz CT molecular complexity index is 2340. The number of nitriles is 1. The summed E-state index contributed by atoms with van der Waals surface area (Å²) >= 11 is 12.2. The van der Waals surface area contributed by atoms with Gasteiger partial charge in [0.1, 0.15) is 23.6 Å². The van der Waals surface area contributed by atoms with E-state index >= 15 is 0 Å². The average Bonchev–Trinajstić information content (AvgIpc) is 3.64. The van der Waals surface area contributed by atoms with E-state index in [1.165, 1.54) is 42.5 Å². The van der Waals surface area contributed by atoms with Crippen LogP contribution in [0.4, 0.5) is 43.9 Å². The summed E-state index contributed by atoms with van der Waals surface area (Å²) < 4.78 is 150. The lowest BCUT2D eigenvalue weighted by atomic mass is 9.93. The molecule has 1 N–H and O–H groups in total. The van der Waals surface area contributed by atoms with Gasteiger partial charge in [0.05, 0.1) is 40.2 Å². The van der Waals surface area contributed by atoms with Crippen LogP contribution in [0.2, 0.25) is 10.0 Å². The van der Waals surface area contributed by atoms with Crippen LogP contribution in [0, 0.1) is 17.2 Å². The second-order valence-corrected chi connectivity index (χ2v) is 15.1. The molecule has 1 fully saturated rings. The normalized spacial score (nSPS) is 17.1. The van der Waals surface area contributed by atoms with Crippen LogP contribution in [-0.4, -0.2) is 64.1 Å². The van der Waals surface area contributed by atoms with Gasteiger partial charge in [-0.05, 0) is 74.7 Å². The molecule has 10 nitrogen and oxygen atoms in total. The number of esters is 2. The largest absolute Gasteiger partial charge is 0.573 e. The van der Waals surface area contributed by atoms with Crippen molar-refractivity contribution < 1.29 is 72.5 Å². The van der Waals surface area contributed by atoms with Crippen molar-refractivity contribution in [3.05, 3.63) is 99.3 Å². The molecule has 1 aliphatic carbocycles. The minimum atomic E-state index is -6.69. The number of carbonyl (C=O) groups is 3. The number of nitrogens with zero attached hydrogens (tertiary/aromatic N) is 3. The quantitative estimate of drug-likeness (QED) is 0.0639. The molecule has 22 heteroatoms. The summed E-state index contributed by atoms with van der Waals surface area (Å²) in [4.78, 5) is 38.3. The molecular weight excluding hydrogens is 869 g/mol. The first-order chi connectivity index (χ1) is 27.6. The summed E-state index contributed by atoms with van der Waals surface area (Å²) in [7, 11) is 0. The average molecular weight is 898 g/mol. The Morgan fingerprint density at radius 1 is 0.900 bits per heavy atom. The van der Waals surface area contributed by atoms with E-state index in [-0.39, 0.29) is 46.2 Å². The van der Waals surface area contributed by atoms with Crippen LogP contribution < -0.4 is 10.1 Å².